The van der Waals surface area contributed by atoms with Gasteiger partial charge in [-0.2, -0.15) is 5.10 Å². The van der Waals surface area contributed by atoms with Gasteiger partial charge in [-0.15, -0.1) is 0 Å². The predicted molar refractivity (Wildman–Crippen MR) is 125 cm³/mol. The van der Waals surface area contributed by atoms with Crippen LogP contribution in [0.2, 0.25) is 5.02 Å². The lowest BCUT2D eigenvalue weighted by molar-refractivity contribution is -0.128. The van der Waals surface area contributed by atoms with Crippen LogP contribution in [0.25, 0.3) is 5.69 Å². The molecule has 1 unspecified atom stereocenters. The number of halogens is 1. The predicted octanol–water partition coefficient (Wildman–Crippen LogP) is 3.69. The third-order valence-electron chi connectivity index (χ3n) is 5.71. The molecule has 1 aliphatic carbocycles. The summed E-state index contributed by atoms with van der Waals surface area (Å²) in [5.41, 5.74) is 4.43. The Labute approximate surface area is 193 Å². The molecule has 1 heterocycles. The third kappa shape index (κ3) is 5.37. The van der Waals surface area contributed by atoms with Gasteiger partial charge in [-0.1, -0.05) is 41.9 Å². The van der Waals surface area contributed by atoms with Gasteiger partial charge in [0.15, 0.2) is 0 Å². The minimum absolute atomic E-state index is 0.130. The average Bonchev–Trinajstić information content (AvgIpc) is 3.55. The minimum Gasteiger partial charge on any atom is -0.352 e. The van der Waals surface area contributed by atoms with Gasteiger partial charge >= 0.3 is 0 Å². The number of benzene rings is 2. The second-order valence-electron chi connectivity index (χ2n) is 8.31. The molecule has 1 saturated carbocycles. The van der Waals surface area contributed by atoms with Crippen molar-refractivity contribution in [3.63, 3.8) is 0 Å². The van der Waals surface area contributed by atoms with Crippen LogP contribution in [0.1, 0.15) is 35.4 Å². The van der Waals surface area contributed by atoms with E-state index in [2.05, 4.69) is 15.7 Å². The minimum atomic E-state index is -0.613. The number of carbonyl (C=O) groups is 2. The summed E-state index contributed by atoms with van der Waals surface area (Å²) in [6, 6.07) is 16.8. The summed E-state index contributed by atoms with van der Waals surface area (Å²) < 4.78 is 1.82. The van der Waals surface area contributed by atoms with Gasteiger partial charge in [0.1, 0.15) is 6.04 Å². The molecule has 1 aliphatic rings. The average molecular weight is 451 g/mol. The smallest absolute Gasteiger partial charge is 0.243 e. The molecule has 4 rings (SSSR count). The zero-order valence-corrected chi connectivity index (χ0v) is 19.0. The van der Waals surface area contributed by atoms with Crippen LogP contribution in [0.5, 0.6) is 0 Å². The van der Waals surface area contributed by atoms with E-state index in [9.17, 15) is 9.59 Å². The highest BCUT2D eigenvalue weighted by Gasteiger charge is 2.29. The van der Waals surface area contributed by atoms with E-state index in [1.165, 1.54) is 0 Å². The second-order valence-corrected chi connectivity index (χ2v) is 8.74. The number of amides is 2. The Kier molecular flexibility index (Phi) is 6.61. The van der Waals surface area contributed by atoms with Crippen molar-refractivity contribution in [3.8, 4) is 5.69 Å². The molecule has 0 radical (unpaired) electrons. The van der Waals surface area contributed by atoms with E-state index in [1.54, 1.807) is 0 Å². The molecular formula is C25H27ClN4O2. The Bertz CT molecular complexity index is 1100. The maximum atomic E-state index is 13.0. The van der Waals surface area contributed by atoms with Gasteiger partial charge in [0.2, 0.25) is 11.8 Å². The molecule has 6 nitrogen and oxygen atoms in total. The lowest BCUT2D eigenvalue weighted by atomic mass is 10.0. The molecular weight excluding hydrogens is 424 g/mol. The van der Waals surface area contributed by atoms with Crippen molar-refractivity contribution in [3.05, 3.63) is 82.1 Å². The first-order valence-corrected chi connectivity index (χ1v) is 11.2. The summed E-state index contributed by atoms with van der Waals surface area (Å²) in [4.78, 5) is 25.8. The number of aromatic nitrogens is 2. The highest BCUT2D eigenvalue weighted by atomic mass is 35.5. The molecule has 1 aromatic heterocycles. The quantitative estimate of drug-likeness (QED) is 0.549. The van der Waals surface area contributed by atoms with Crippen molar-refractivity contribution in [1.29, 1.82) is 0 Å². The zero-order chi connectivity index (χ0) is 22.7. The summed E-state index contributed by atoms with van der Waals surface area (Å²) in [7, 11) is 0. The van der Waals surface area contributed by atoms with Gasteiger partial charge in [0.05, 0.1) is 17.8 Å². The maximum Gasteiger partial charge on any atom is 0.243 e. The molecule has 2 amide bonds. The van der Waals surface area contributed by atoms with Gasteiger partial charge < -0.3 is 10.6 Å². The van der Waals surface area contributed by atoms with E-state index >= 15 is 0 Å². The van der Waals surface area contributed by atoms with Crippen LogP contribution in [0.4, 0.5) is 0 Å². The summed E-state index contributed by atoms with van der Waals surface area (Å²) in [5.74, 6) is -0.325. The van der Waals surface area contributed by atoms with Crippen LogP contribution in [0.15, 0.2) is 54.6 Å². The molecule has 166 valence electrons. The number of nitrogens with zero attached hydrogens (tertiary/aromatic N) is 2. The lowest BCUT2D eigenvalue weighted by Crippen LogP contribution is -2.49. The maximum absolute atomic E-state index is 13.0. The highest BCUT2D eigenvalue weighted by Crippen LogP contribution is 2.21. The summed E-state index contributed by atoms with van der Waals surface area (Å²) in [5, 5.41) is 11.2. The van der Waals surface area contributed by atoms with E-state index in [1.807, 2.05) is 73.1 Å². The van der Waals surface area contributed by atoms with Crippen molar-refractivity contribution < 1.29 is 9.59 Å². The Balaban J connectivity index is 1.48. The Morgan fingerprint density at radius 3 is 2.44 bits per heavy atom. The van der Waals surface area contributed by atoms with Crippen LogP contribution in [0.3, 0.4) is 0 Å². The van der Waals surface area contributed by atoms with Crippen molar-refractivity contribution in [2.24, 2.45) is 0 Å². The zero-order valence-electron chi connectivity index (χ0n) is 18.3. The first-order valence-electron chi connectivity index (χ1n) is 10.9. The second kappa shape index (κ2) is 9.57. The molecule has 1 fully saturated rings. The molecule has 2 aromatic carbocycles. The monoisotopic (exact) mass is 450 g/mol. The highest BCUT2D eigenvalue weighted by molar-refractivity contribution is 6.30. The fourth-order valence-corrected chi connectivity index (χ4v) is 3.88. The van der Waals surface area contributed by atoms with Crippen LogP contribution in [0, 0.1) is 13.8 Å². The summed E-state index contributed by atoms with van der Waals surface area (Å²) in [6.07, 6.45) is 2.61. The van der Waals surface area contributed by atoms with Crippen LogP contribution in [-0.2, 0) is 22.4 Å². The number of rotatable bonds is 8. The Morgan fingerprint density at radius 2 is 1.78 bits per heavy atom. The van der Waals surface area contributed by atoms with Gasteiger partial charge in [-0.3, -0.25) is 9.59 Å². The van der Waals surface area contributed by atoms with E-state index in [4.69, 9.17) is 11.6 Å². The van der Waals surface area contributed by atoms with Gasteiger partial charge in [0.25, 0.3) is 0 Å². The number of carbonyl (C=O) groups excluding carboxylic acids is 2. The molecule has 1 atom stereocenters. The topological polar surface area (TPSA) is 76.0 Å². The van der Waals surface area contributed by atoms with E-state index in [0.29, 0.717) is 11.4 Å². The van der Waals surface area contributed by atoms with Crippen molar-refractivity contribution >= 4 is 23.4 Å². The largest absolute Gasteiger partial charge is 0.352 e. The molecule has 32 heavy (non-hydrogen) atoms. The molecule has 2 N–H and O–H groups in total. The molecule has 7 heteroatoms. The third-order valence-corrected chi connectivity index (χ3v) is 5.96. The van der Waals surface area contributed by atoms with Crippen molar-refractivity contribution in [2.45, 2.75) is 51.6 Å². The van der Waals surface area contributed by atoms with Crippen LogP contribution < -0.4 is 10.6 Å². The number of hydrogen-bond acceptors (Lipinski definition) is 3. The van der Waals surface area contributed by atoms with Crippen LogP contribution >= 0.6 is 11.6 Å². The summed E-state index contributed by atoms with van der Waals surface area (Å²) in [6.45, 7) is 3.84. The van der Waals surface area contributed by atoms with Gasteiger partial charge in [-0.05, 0) is 56.5 Å². The SMILES string of the molecule is Cc1nn(-c2ccc(Cl)cc2)c(C)c1CC(=O)NC(Cc1ccccc1)C(=O)NC1CC1. The first kappa shape index (κ1) is 22.1. The Hall–Kier alpha value is -3.12. The number of nitrogens with one attached hydrogen (secondary N) is 2. The first-order chi connectivity index (χ1) is 15.4. The fourth-order valence-electron chi connectivity index (χ4n) is 3.76. The van der Waals surface area contributed by atoms with Gasteiger partial charge in [0, 0.05) is 28.7 Å². The van der Waals surface area contributed by atoms with E-state index in [-0.39, 0.29) is 24.3 Å². The fraction of sp³-hybridized carbons (Fsp3) is 0.320. The van der Waals surface area contributed by atoms with E-state index in [0.717, 1.165) is 41.0 Å². The normalized spacial score (nSPS) is 14.1. The van der Waals surface area contributed by atoms with E-state index < -0.39 is 6.04 Å². The molecule has 0 aliphatic heterocycles. The number of hydrogen-bond donors (Lipinski definition) is 2. The van der Waals surface area contributed by atoms with Crippen molar-refractivity contribution in [2.75, 3.05) is 0 Å². The standard InChI is InChI=1S/C25H27ClN4O2/c1-16-22(17(2)30(29-16)21-12-8-19(26)9-13-21)15-24(31)28-23(25(32)27-20-10-11-20)14-18-6-4-3-5-7-18/h3-9,12-13,20,23H,10-11,14-15H2,1-2H3,(H,27,32)(H,28,31). The van der Waals surface area contributed by atoms with Gasteiger partial charge in [-0.25, -0.2) is 4.68 Å². The number of aryl methyl sites for hydroxylation is 1. The van der Waals surface area contributed by atoms with Crippen LogP contribution in [-0.4, -0.2) is 33.7 Å². The Morgan fingerprint density at radius 1 is 1.09 bits per heavy atom. The molecule has 0 bridgehead atoms. The molecule has 0 saturated heterocycles. The van der Waals surface area contributed by atoms with Crippen molar-refractivity contribution in [1.82, 2.24) is 20.4 Å². The molecule has 0 spiro atoms. The summed E-state index contributed by atoms with van der Waals surface area (Å²) >= 11 is 6.00. The lowest BCUT2D eigenvalue weighted by Gasteiger charge is -2.19. The molecule has 3 aromatic rings.